The molecule has 0 N–H and O–H groups in total. The molecule has 1 aliphatic carbocycles. The molecule has 0 spiro atoms. The fraction of sp³-hybridized carbons (Fsp3) is 1.00. The van der Waals surface area contributed by atoms with Crippen LogP contribution in [0.4, 0.5) is 13.2 Å². The summed E-state index contributed by atoms with van der Waals surface area (Å²) >= 11 is 0. The van der Waals surface area contributed by atoms with Gasteiger partial charge in [-0.1, -0.05) is 34.1 Å². The predicted octanol–water partition coefficient (Wildman–Crippen LogP) is 4.26. The minimum Gasteiger partial charge on any atom is -0.170 e. The average Bonchev–Trinajstić information content (AvgIpc) is 2.56. The lowest BCUT2D eigenvalue weighted by Gasteiger charge is -2.25. The van der Waals surface area contributed by atoms with Crippen molar-refractivity contribution in [2.24, 2.45) is 23.2 Å². The molecular formula is C11H19F3. The molecule has 0 radical (unpaired) electrons. The van der Waals surface area contributed by atoms with Gasteiger partial charge in [0.2, 0.25) is 0 Å². The lowest BCUT2D eigenvalue weighted by Crippen LogP contribution is -2.33. The van der Waals surface area contributed by atoms with E-state index in [1.165, 1.54) is 0 Å². The van der Waals surface area contributed by atoms with E-state index in [9.17, 15) is 13.2 Å². The van der Waals surface area contributed by atoms with Gasteiger partial charge in [-0.3, -0.25) is 0 Å². The zero-order chi connectivity index (χ0) is 11.1. The number of hydrogen-bond acceptors (Lipinski definition) is 0. The van der Waals surface area contributed by atoms with E-state index < -0.39 is 11.6 Å². The Labute approximate surface area is 83.9 Å². The first kappa shape index (κ1) is 11.9. The summed E-state index contributed by atoms with van der Waals surface area (Å²) in [5.41, 5.74) is -1.39. The van der Waals surface area contributed by atoms with Gasteiger partial charge in [-0.15, -0.1) is 0 Å². The van der Waals surface area contributed by atoms with E-state index in [0.29, 0.717) is 6.42 Å². The van der Waals surface area contributed by atoms with E-state index in [2.05, 4.69) is 0 Å². The van der Waals surface area contributed by atoms with E-state index in [-0.39, 0.29) is 17.8 Å². The van der Waals surface area contributed by atoms with Crippen LogP contribution in [0.3, 0.4) is 0 Å². The molecule has 3 atom stereocenters. The number of rotatable bonds is 3. The quantitative estimate of drug-likeness (QED) is 0.650. The fourth-order valence-electron chi connectivity index (χ4n) is 3.23. The Morgan fingerprint density at radius 3 is 2.00 bits per heavy atom. The number of hydrogen-bond donors (Lipinski definition) is 0. The van der Waals surface area contributed by atoms with Gasteiger partial charge in [-0.25, -0.2) is 0 Å². The van der Waals surface area contributed by atoms with Crippen LogP contribution >= 0.6 is 0 Å². The largest absolute Gasteiger partial charge is 0.395 e. The number of halogens is 3. The zero-order valence-corrected chi connectivity index (χ0v) is 9.28. The third-order valence-electron chi connectivity index (χ3n) is 3.91. The molecular weight excluding hydrogens is 189 g/mol. The maximum atomic E-state index is 13.0. The normalized spacial score (nSPS) is 37.7. The molecule has 0 heterocycles. The first-order valence-corrected chi connectivity index (χ1v) is 5.36. The zero-order valence-electron chi connectivity index (χ0n) is 9.28. The molecule has 0 aromatic carbocycles. The molecule has 0 nitrogen and oxygen atoms in total. The first-order valence-electron chi connectivity index (χ1n) is 5.36. The van der Waals surface area contributed by atoms with Crippen LogP contribution in [0, 0.1) is 23.2 Å². The summed E-state index contributed by atoms with van der Waals surface area (Å²) in [6, 6.07) is 0. The average molecular weight is 208 g/mol. The van der Waals surface area contributed by atoms with Gasteiger partial charge >= 0.3 is 6.18 Å². The maximum Gasteiger partial charge on any atom is 0.395 e. The molecule has 14 heavy (non-hydrogen) atoms. The van der Waals surface area contributed by atoms with Gasteiger partial charge < -0.3 is 0 Å². The third-order valence-corrected chi connectivity index (χ3v) is 3.91. The van der Waals surface area contributed by atoms with Gasteiger partial charge in [0.1, 0.15) is 0 Å². The summed E-state index contributed by atoms with van der Waals surface area (Å²) in [5, 5.41) is 0. The Morgan fingerprint density at radius 2 is 1.79 bits per heavy atom. The van der Waals surface area contributed by atoms with Gasteiger partial charge in [0.25, 0.3) is 0 Å². The second kappa shape index (κ2) is 3.42. The Bertz CT molecular complexity index is 207. The van der Waals surface area contributed by atoms with Crippen LogP contribution in [0.1, 0.15) is 40.5 Å². The monoisotopic (exact) mass is 208 g/mol. The highest BCUT2D eigenvalue weighted by molar-refractivity contribution is 5.13. The Balaban J connectivity index is 2.88. The summed E-state index contributed by atoms with van der Waals surface area (Å²) in [4.78, 5) is 0. The molecule has 0 aromatic rings. The topological polar surface area (TPSA) is 0 Å². The van der Waals surface area contributed by atoms with Crippen molar-refractivity contribution in [1.82, 2.24) is 0 Å². The summed E-state index contributed by atoms with van der Waals surface area (Å²) < 4.78 is 38.9. The summed E-state index contributed by atoms with van der Waals surface area (Å²) in [6.07, 6.45) is -2.47. The van der Waals surface area contributed by atoms with Crippen LogP contribution in [0.15, 0.2) is 0 Å². The molecule has 1 saturated carbocycles. The van der Waals surface area contributed by atoms with Crippen LogP contribution in [0.5, 0.6) is 0 Å². The molecule has 0 saturated heterocycles. The maximum absolute atomic E-state index is 13.0. The third kappa shape index (κ3) is 1.36. The van der Waals surface area contributed by atoms with Gasteiger partial charge in [-0.2, -0.15) is 13.2 Å². The summed E-state index contributed by atoms with van der Waals surface area (Å²) in [7, 11) is 0. The van der Waals surface area contributed by atoms with Crippen LogP contribution in [-0.4, -0.2) is 6.18 Å². The molecule has 1 rings (SSSR count). The van der Waals surface area contributed by atoms with Crippen molar-refractivity contribution in [1.29, 1.82) is 0 Å². The molecule has 1 aliphatic rings. The van der Waals surface area contributed by atoms with Crippen LogP contribution in [0.2, 0.25) is 0 Å². The minimum absolute atomic E-state index is 0.146. The molecule has 0 aromatic heterocycles. The van der Waals surface area contributed by atoms with E-state index in [1.807, 2.05) is 6.92 Å². The SMILES string of the molecule is CCCC1C(C)C1(C(C)C)C(F)(F)F. The molecule has 1 fully saturated rings. The first-order chi connectivity index (χ1) is 6.30. The second-order valence-corrected chi connectivity index (χ2v) is 4.77. The molecule has 0 amide bonds. The summed E-state index contributed by atoms with van der Waals surface area (Å²) in [6.45, 7) is 7.08. The molecule has 0 bridgehead atoms. The van der Waals surface area contributed by atoms with E-state index in [0.717, 1.165) is 6.42 Å². The van der Waals surface area contributed by atoms with Gasteiger partial charge in [0.15, 0.2) is 0 Å². The van der Waals surface area contributed by atoms with Gasteiger partial charge in [0, 0.05) is 0 Å². The second-order valence-electron chi connectivity index (χ2n) is 4.77. The Morgan fingerprint density at radius 1 is 1.29 bits per heavy atom. The molecule has 84 valence electrons. The lowest BCUT2D eigenvalue weighted by atomic mass is 9.86. The highest BCUT2D eigenvalue weighted by atomic mass is 19.4. The van der Waals surface area contributed by atoms with E-state index >= 15 is 0 Å². The van der Waals surface area contributed by atoms with Gasteiger partial charge in [0.05, 0.1) is 5.41 Å². The van der Waals surface area contributed by atoms with Crippen molar-refractivity contribution in [2.45, 2.75) is 46.7 Å². The molecule has 0 aliphatic heterocycles. The molecule has 3 heteroatoms. The van der Waals surface area contributed by atoms with Crippen molar-refractivity contribution in [2.75, 3.05) is 0 Å². The van der Waals surface area contributed by atoms with Crippen molar-refractivity contribution >= 4 is 0 Å². The lowest BCUT2D eigenvalue weighted by molar-refractivity contribution is -0.209. The van der Waals surface area contributed by atoms with Crippen LogP contribution in [-0.2, 0) is 0 Å². The standard InChI is InChI=1S/C11H19F3/c1-5-6-9-8(4)10(9,7(2)3)11(12,13)14/h7-9H,5-6H2,1-4H3. The number of alkyl halides is 3. The smallest absolute Gasteiger partial charge is 0.170 e. The van der Waals surface area contributed by atoms with Gasteiger partial charge in [-0.05, 0) is 24.2 Å². The predicted molar refractivity (Wildman–Crippen MR) is 50.9 cm³/mol. The van der Waals surface area contributed by atoms with E-state index in [1.54, 1.807) is 20.8 Å². The Kier molecular flexibility index (Phi) is 2.90. The highest BCUT2D eigenvalue weighted by Gasteiger charge is 2.76. The summed E-state index contributed by atoms with van der Waals surface area (Å²) in [5.74, 6) is -0.635. The van der Waals surface area contributed by atoms with Crippen molar-refractivity contribution in [3.05, 3.63) is 0 Å². The van der Waals surface area contributed by atoms with Crippen molar-refractivity contribution in [3.63, 3.8) is 0 Å². The Hall–Kier alpha value is -0.210. The van der Waals surface area contributed by atoms with Crippen molar-refractivity contribution in [3.8, 4) is 0 Å². The molecule has 3 unspecified atom stereocenters. The van der Waals surface area contributed by atoms with Crippen LogP contribution in [0.25, 0.3) is 0 Å². The van der Waals surface area contributed by atoms with Crippen LogP contribution < -0.4 is 0 Å². The van der Waals surface area contributed by atoms with Crippen molar-refractivity contribution < 1.29 is 13.2 Å². The fourth-order valence-corrected chi connectivity index (χ4v) is 3.23. The highest BCUT2D eigenvalue weighted by Crippen LogP contribution is 2.72. The minimum atomic E-state index is -4.03. The van der Waals surface area contributed by atoms with E-state index in [4.69, 9.17) is 0 Å².